The summed E-state index contributed by atoms with van der Waals surface area (Å²) in [4.78, 5) is 63.4. The first-order chi connectivity index (χ1) is 28.5. The predicted molar refractivity (Wildman–Crippen MR) is 211 cm³/mol. The molecule has 0 bridgehead atoms. The molecule has 22 heteroatoms. The summed E-state index contributed by atoms with van der Waals surface area (Å²) in [5, 5.41) is 13.6. The number of sulfonamides is 1. The van der Waals surface area contributed by atoms with E-state index in [0.29, 0.717) is 36.6 Å². The Hall–Kier alpha value is -6.06. The summed E-state index contributed by atoms with van der Waals surface area (Å²) >= 11 is 6.03. The fourth-order valence-corrected chi connectivity index (χ4v) is 7.83. The Morgan fingerprint density at radius 1 is 0.883 bits per heavy atom. The van der Waals surface area contributed by atoms with Crippen LogP contribution in [0, 0.1) is 0 Å². The minimum Gasteiger partial charge on any atom is -0.467 e. The van der Waals surface area contributed by atoms with Gasteiger partial charge in [0.05, 0.1) is 17.5 Å². The van der Waals surface area contributed by atoms with Crippen molar-refractivity contribution in [3.63, 3.8) is 0 Å². The number of benzene rings is 3. The third kappa shape index (κ3) is 11.4. The van der Waals surface area contributed by atoms with Gasteiger partial charge in [-0.15, -0.1) is 0 Å². The van der Waals surface area contributed by atoms with Crippen molar-refractivity contribution in [2.45, 2.75) is 54.8 Å². The number of amides is 3. The van der Waals surface area contributed by atoms with Gasteiger partial charge in [-0.3, -0.25) is 14.4 Å². The fourth-order valence-electron chi connectivity index (χ4n) is 6.14. The first-order valence-corrected chi connectivity index (χ1v) is 20.3. The molecule has 318 valence electrons. The van der Waals surface area contributed by atoms with E-state index in [0.717, 1.165) is 31.9 Å². The number of carbonyl (C=O) groups excluding carboxylic acids is 4. The third-order valence-electron chi connectivity index (χ3n) is 9.39. The molecule has 4 aromatic rings. The van der Waals surface area contributed by atoms with E-state index >= 15 is 0 Å². The normalized spacial score (nSPS) is 15.5. The van der Waals surface area contributed by atoms with E-state index in [4.69, 9.17) is 21.1 Å². The van der Waals surface area contributed by atoms with Crippen LogP contribution in [0.5, 0.6) is 6.01 Å². The molecule has 1 aliphatic heterocycles. The van der Waals surface area contributed by atoms with Crippen LogP contribution in [0.25, 0.3) is 0 Å². The zero-order chi connectivity index (χ0) is 43.1. The number of hydrogen-bond donors (Lipinski definition) is 5. The molecule has 1 atom stereocenters. The molecular formula is C38H39ClF3N9O8S. The number of nitrogens with zero attached hydrogens (tertiary/aromatic N) is 4. The summed E-state index contributed by atoms with van der Waals surface area (Å²) in [5.41, 5.74) is 0.693. The second-order valence-corrected chi connectivity index (χ2v) is 16.2. The van der Waals surface area contributed by atoms with E-state index in [1.54, 1.807) is 12.1 Å². The van der Waals surface area contributed by atoms with Gasteiger partial charge in [0.25, 0.3) is 5.91 Å². The highest BCUT2D eigenvalue weighted by Gasteiger charge is 2.45. The number of hydrogen-bond acceptors (Lipinski definition) is 13. The molecule has 17 nitrogen and oxygen atoms in total. The second-order valence-electron chi connectivity index (χ2n) is 13.8. The zero-order valence-corrected chi connectivity index (χ0v) is 33.4. The van der Waals surface area contributed by atoms with E-state index in [1.807, 2.05) is 12.1 Å². The van der Waals surface area contributed by atoms with Gasteiger partial charge in [0.2, 0.25) is 21.9 Å². The summed E-state index contributed by atoms with van der Waals surface area (Å²) in [6, 6.07) is 16.1. The first kappa shape index (κ1) is 43.5. The van der Waals surface area contributed by atoms with Crippen molar-refractivity contribution in [1.82, 2.24) is 29.9 Å². The van der Waals surface area contributed by atoms with Crippen molar-refractivity contribution in [2.24, 2.45) is 0 Å². The van der Waals surface area contributed by atoms with Crippen molar-refractivity contribution in [3.05, 3.63) is 88.9 Å². The molecule has 2 fully saturated rings. The number of esters is 1. The van der Waals surface area contributed by atoms with Gasteiger partial charge in [-0.2, -0.15) is 32.4 Å². The third-order valence-corrected chi connectivity index (χ3v) is 11.5. The van der Waals surface area contributed by atoms with E-state index in [1.165, 1.54) is 52.8 Å². The Morgan fingerprint density at radius 2 is 1.57 bits per heavy atom. The summed E-state index contributed by atoms with van der Waals surface area (Å²) < 4.78 is 76.1. The van der Waals surface area contributed by atoms with Gasteiger partial charge < -0.3 is 36.1 Å². The van der Waals surface area contributed by atoms with Crippen LogP contribution in [0.4, 0.5) is 36.4 Å². The molecule has 1 aliphatic carbocycles. The second kappa shape index (κ2) is 18.5. The van der Waals surface area contributed by atoms with Gasteiger partial charge >= 0.3 is 30.0 Å². The van der Waals surface area contributed by atoms with Crippen LogP contribution in [0.1, 0.15) is 48.0 Å². The number of rotatable bonds is 15. The molecule has 2 heterocycles. The smallest absolute Gasteiger partial charge is 0.422 e. The molecule has 1 aromatic heterocycles. The Bertz CT molecular complexity index is 2330. The molecule has 60 heavy (non-hydrogen) atoms. The zero-order valence-electron chi connectivity index (χ0n) is 31.8. The van der Waals surface area contributed by atoms with Crippen LogP contribution in [0.3, 0.4) is 0 Å². The van der Waals surface area contributed by atoms with E-state index in [-0.39, 0.29) is 28.0 Å². The van der Waals surface area contributed by atoms with Crippen molar-refractivity contribution in [3.8, 4) is 6.01 Å². The van der Waals surface area contributed by atoms with Crippen LogP contribution in [-0.2, 0) is 34.7 Å². The van der Waals surface area contributed by atoms with Crippen molar-refractivity contribution >= 4 is 68.6 Å². The Balaban J connectivity index is 1.07. The number of halogens is 4. The molecule has 3 aromatic carbocycles. The van der Waals surface area contributed by atoms with Crippen LogP contribution in [0.15, 0.2) is 77.7 Å². The Kier molecular flexibility index (Phi) is 13.4. The number of nitrogens with one attached hydrogen (secondary N) is 5. The number of anilines is 4. The summed E-state index contributed by atoms with van der Waals surface area (Å²) in [6.07, 6.45) is -0.877. The van der Waals surface area contributed by atoms with Crippen molar-refractivity contribution in [2.75, 3.05) is 49.3 Å². The number of aromatic nitrogens is 3. The largest absolute Gasteiger partial charge is 0.467 e. The average Bonchev–Trinajstić information content (AvgIpc) is 4.01. The first-order valence-electron chi connectivity index (χ1n) is 18.5. The molecule has 2 aliphatic rings. The lowest BCUT2D eigenvalue weighted by molar-refractivity contribution is -0.154. The van der Waals surface area contributed by atoms with Gasteiger partial charge in [-0.1, -0.05) is 36.2 Å². The predicted octanol–water partition coefficient (Wildman–Crippen LogP) is 4.51. The molecule has 5 N–H and O–H groups in total. The molecule has 0 radical (unpaired) electrons. The maximum atomic E-state index is 13.2. The van der Waals surface area contributed by atoms with Crippen LogP contribution < -0.4 is 31.3 Å². The highest BCUT2D eigenvalue weighted by atomic mass is 35.5. The maximum Gasteiger partial charge on any atom is 0.422 e. The minimum absolute atomic E-state index is 0.0451. The monoisotopic (exact) mass is 873 g/mol. The molecule has 1 saturated carbocycles. The Labute approximate surface area is 346 Å². The van der Waals surface area contributed by atoms with Gasteiger partial charge in [0.15, 0.2) is 6.61 Å². The number of alkyl halides is 3. The minimum atomic E-state index is -4.66. The Morgan fingerprint density at radius 3 is 2.22 bits per heavy atom. The van der Waals surface area contributed by atoms with Crippen LogP contribution in [-0.4, -0.2) is 96.9 Å². The lowest BCUT2D eigenvalue weighted by Crippen LogP contribution is -2.50. The van der Waals surface area contributed by atoms with Crippen molar-refractivity contribution in [1.29, 1.82) is 0 Å². The lowest BCUT2D eigenvalue weighted by Gasteiger charge is -2.26. The molecule has 3 amide bonds. The highest BCUT2D eigenvalue weighted by Crippen LogP contribution is 2.48. The summed E-state index contributed by atoms with van der Waals surface area (Å²) in [7, 11) is -2.75. The quantitative estimate of drug-likeness (QED) is 0.0821. The number of ether oxygens (including phenoxy) is 2. The number of carbonyl (C=O) groups is 4. The SMILES string of the molecule is COC(=O)[C@H](CNC(=O)C(=O)Nc1cccc(S(=O)(=O)N2CCCCC2)c1)NC(=O)c1ccc(Nc2nc(NC3(c4ccc(Cl)cc4)CC3)nc(OCC(F)(F)F)n2)cc1. The van der Waals surface area contributed by atoms with Gasteiger partial charge in [0.1, 0.15) is 6.04 Å². The lowest BCUT2D eigenvalue weighted by atomic mass is 10.1. The van der Waals surface area contributed by atoms with E-state index in [2.05, 4.69) is 41.5 Å². The van der Waals surface area contributed by atoms with E-state index < -0.39 is 70.6 Å². The molecule has 0 unspecified atom stereocenters. The summed E-state index contributed by atoms with van der Waals surface area (Å²) in [5.74, 6) is -4.28. The topological polar surface area (TPSA) is 223 Å². The highest BCUT2D eigenvalue weighted by molar-refractivity contribution is 7.89. The molecule has 0 spiro atoms. The number of piperidine rings is 1. The van der Waals surface area contributed by atoms with Crippen molar-refractivity contribution < 1.29 is 50.2 Å². The van der Waals surface area contributed by atoms with Gasteiger partial charge in [0, 0.05) is 41.6 Å². The molecule has 6 rings (SSSR count). The van der Waals surface area contributed by atoms with Gasteiger partial charge in [-0.05, 0) is 85.8 Å². The summed E-state index contributed by atoms with van der Waals surface area (Å²) in [6.45, 7) is -1.44. The standard InChI is InChI=1S/C38H39ClF3N9O8S/c1-58-33(55)29(21-43-31(53)32(54)44-27-6-5-7-28(20-27)60(56,57)51-18-3-2-4-19-51)46-30(52)23-8-14-26(15-9-23)45-34-47-35(49-36(48-34)59-22-38(40,41)42)50-37(16-17-37)24-10-12-25(39)13-11-24/h5-15,20,29H,2-4,16-19,21-22H2,1H3,(H,43,53)(H,44,54)(H,46,52)(H2,45,47,48,49,50)/t29-/m0/s1. The molecular weight excluding hydrogens is 835 g/mol. The van der Waals surface area contributed by atoms with Crippen LogP contribution in [0.2, 0.25) is 5.02 Å². The average molecular weight is 874 g/mol. The number of methoxy groups -OCH3 is 1. The fraction of sp³-hybridized carbons (Fsp3) is 0.342. The molecule has 1 saturated heterocycles. The van der Waals surface area contributed by atoms with Gasteiger partial charge in [-0.25, -0.2) is 13.2 Å². The van der Waals surface area contributed by atoms with Crippen LogP contribution >= 0.6 is 11.6 Å². The van der Waals surface area contributed by atoms with E-state index in [9.17, 15) is 40.8 Å². The maximum absolute atomic E-state index is 13.2.